The third kappa shape index (κ3) is 4.86. The minimum atomic E-state index is -0.650. The molecule has 1 saturated heterocycles. The van der Waals surface area contributed by atoms with Crippen LogP contribution in [0.25, 0.3) is 5.65 Å². The molecule has 12 nitrogen and oxygen atoms in total. The van der Waals surface area contributed by atoms with E-state index in [2.05, 4.69) is 47.9 Å². The predicted octanol–water partition coefficient (Wildman–Crippen LogP) is 2.97. The van der Waals surface area contributed by atoms with Gasteiger partial charge >= 0.3 is 6.09 Å². The van der Waals surface area contributed by atoms with E-state index in [1.54, 1.807) is 12.1 Å². The van der Waals surface area contributed by atoms with Gasteiger partial charge < -0.3 is 25.6 Å². The summed E-state index contributed by atoms with van der Waals surface area (Å²) in [6.45, 7) is -0.101. The lowest BCUT2D eigenvalue weighted by Gasteiger charge is -2.22. The molecule has 5 rings (SSSR count). The van der Waals surface area contributed by atoms with E-state index < -0.39 is 24.7 Å². The minimum Gasteiger partial charge on any atom is -0.453 e. The summed E-state index contributed by atoms with van der Waals surface area (Å²) in [5, 5.41) is 32.8. The number of alkyl halides is 1. The Kier molecular flexibility index (Phi) is 6.54. The second kappa shape index (κ2) is 9.95. The van der Waals surface area contributed by atoms with Crippen molar-refractivity contribution in [3.63, 3.8) is 0 Å². The van der Waals surface area contributed by atoms with Crippen molar-refractivity contribution < 1.29 is 13.9 Å². The van der Waals surface area contributed by atoms with Gasteiger partial charge in [0.15, 0.2) is 17.2 Å². The standard InChI is InChI=1S/C23H22ClFN10O2/c1-37-23(36)31-17-11-34(10-13(17)6-25)18-5-12(7-26)4-16(19(18)24)30-22-32-20(29-14-2-3-14)21-28-9-15(8-27)35(21)33-22/h4-5,9,13-14,17H,2-3,6,10-11H2,1H3,(H,31,36)(H2,29,30,32,33)/t13-,17+/m1/s1. The van der Waals surface area contributed by atoms with E-state index >= 15 is 0 Å². The molecule has 1 aliphatic heterocycles. The van der Waals surface area contributed by atoms with E-state index in [1.165, 1.54) is 17.8 Å². The smallest absolute Gasteiger partial charge is 0.407 e. The number of hydrogen-bond acceptors (Lipinski definition) is 10. The number of benzene rings is 1. The number of nitriles is 2. The molecule has 2 aromatic heterocycles. The Morgan fingerprint density at radius 3 is 2.78 bits per heavy atom. The number of halogens is 2. The van der Waals surface area contributed by atoms with Crippen molar-refractivity contribution in [1.82, 2.24) is 24.9 Å². The Morgan fingerprint density at radius 2 is 2.11 bits per heavy atom. The summed E-state index contributed by atoms with van der Waals surface area (Å²) in [5.74, 6) is 0.127. The number of nitrogens with one attached hydrogen (secondary N) is 3. The maximum Gasteiger partial charge on any atom is 0.407 e. The number of amides is 1. The third-order valence-corrected chi connectivity index (χ3v) is 6.69. The number of aromatic nitrogens is 4. The van der Waals surface area contributed by atoms with E-state index in [9.17, 15) is 19.7 Å². The molecule has 2 aliphatic rings. The number of imidazole rings is 1. The molecular weight excluding hydrogens is 503 g/mol. The molecule has 0 spiro atoms. The maximum atomic E-state index is 13.7. The lowest BCUT2D eigenvalue weighted by molar-refractivity contribution is 0.163. The first-order valence-corrected chi connectivity index (χ1v) is 11.9. The van der Waals surface area contributed by atoms with Gasteiger partial charge in [0.25, 0.3) is 0 Å². The van der Waals surface area contributed by atoms with Crippen molar-refractivity contribution in [2.24, 2.45) is 5.92 Å². The second-order valence-electron chi connectivity index (χ2n) is 8.85. The average Bonchev–Trinajstić information content (AvgIpc) is 3.47. The number of rotatable bonds is 7. The first-order valence-electron chi connectivity index (χ1n) is 11.5. The molecule has 0 radical (unpaired) electrons. The molecule has 2 atom stereocenters. The van der Waals surface area contributed by atoms with Crippen LogP contribution in [0.15, 0.2) is 18.3 Å². The van der Waals surface area contributed by atoms with Crippen molar-refractivity contribution in [2.75, 3.05) is 42.4 Å². The van der Waals surface area contributed by atoms with Gasteiger partial charge in [-0.25, -0.2) is 9.78 Å². The predicted molar refractivity (Wildman–Crippen MR) is 133 cm³/mol. The van der Waals surface area contributed by atoms with Crippen LogP contribution in [0, 0.1) is 28.6 Å². The molecule has 3 heterocycles. The summed E-state index contributed by atoms with van der Waals surface area (Å²) in [6.07, 6.45) is 2.78. The molecule has 14 heteroatoms. The molecule has 1 aromatic carbocycles. The van der Waals surface area contributed by atoms with E-state index in [-0.39, 0.29) is 35.8 Å². The average molecular weight is 525 g/mol. The molecule has 0 unspecified atom stereocenters. The highest BCUT2D eigenvalue weighted by atomic mass is 35.5. The number of nitrogens with zero attached hydrogens (tertiary/aromatic N) is 7. The van der Waals surface area contributed by atoms with Crippen LogP contribution in [0.2, 0.25) is 5.02 Å². The van der Waals surface area contributed by atoms with Gasteiger partial charge in [-0.3, -0.25) is 4.39 Å². The molecular formula is C23H22ClFN10O2. The van der Waals surface area contributed by atoms with Gasteiger partial charge in [-0.15, -0.1) is 5.10 Å². The largest absolute Gasteiger partial charge is 0.453 e. The fourth-order valence-corrected chi connectivity index (χ4v) is 4.52. The van der Waals surface area contributed by atoms with Crippen molar-refractivity contribution in [3.8, 4) is 12.1 Å². The van der Waals surface area contributed by atoms with Crippen LogP contribution in [0.3, 0.4) is 0 Å². The Labute approximate surface area is 216 Å². The summed E-state index contributed by atoms with van der Waals surface area (Å²) < 4.78 is 19.8. The normalized spacial score (nSPS) is 18.8. The van der Waals surface area contributed by atoms with Crippen LogP contribution < -0.4 is 20.9 Å². The number of carbonyl (C=O) groups excluding carboxylic acids is 1. The summed E-state index contributed by atoms with van der Waals surface area (Å²) in [6, 6.07) is 7.10. The van der Waals surface area contributed by atoms with Crippen LogP contribution >= 0.6 is 11.6 Å². The van der Waals surface area contributed by atoms with Crippen LogP contribution in [-0.4, -0.2) is 64.6 Å². The summed E-state index contributed by atoms with van der Waals surface area (Å²) in [5.41, 5.74) is 1.81. The van der Waals surface area contributed by atoms with Gasteiger partial charge in [0, 0.05) is 25.0 Å². The monoisotopic (exact) mass is 524 g/mol. The molecule has 190 valence electrons. The SMILES string of the molecule is COC(=O)N[C@H]1CN(c2cc(C#N)cc(Nc3nc(NC4CC4)c4ncc(C#N)n4n3)c2Cl)C[C@H]1CF. The first kappa shape index (κ1) is 24.3. The van der Waals surface area contributed by atoms with E-state index in [4.69, 9.17) is 11.6 Å². The first-order chi connectivity index (χ1) is 17.9. The molecule has 1 aliphatic carbocycles. The molecule has 2 fully saturated rings. The van der Waals surface area contributed by atoms with E-state index in [1.807, 2.05) is 4.90 Å². The molecule has 3 N–H and O–H groups in total. The number of anilines is 4. The van der Waals surface area contributed by atoms with Crippen LogP contribution in [0.5, 0.6) is 0 Å². The van der Waals surface area contributed by atoms with E-state index in [0.717, 1.165) is 12.8 Å². The lowest BCUT2D eigenvalue weighted by Crippen LogP contribution is -2.41. The molecule has 1 amide bonds. The number of alkyl carbamates (subject to hydrolysis) is 1. The highest BCUT2D eigenvalue weighted by molar-refractivity contribution is 6.36. The summed E-state index contributed by atoms with van der Waals surface area (Å²) in [4.78, 5) is 22.3. The lowest BCUT2D eigenvalue weighted by atomic mass is 10.1. The summed E-state index contributed by atoms with van der Waals surface area (Å²) in [7, 11) is 1.24. The van der Waals surface area contributed by atoms with Crippen molar-refractivity contribution in [1.29, 1.82) is 10.5 Å². The Bertz CT molecular complexity index is 1440. The Balaban J connectivity index is 1.49. The maximum absolute atomic E-state index is 13.7. The fourth-order valence-electron chi connectivity index (χ4n) is 4.24. The van der Waals surface area contributed by atoms with Gasteiger partial charge in [-0.2, -0.15) is 20.0 Å². The quantitative estimate of drug-likeness (QED) is 0.419. The van der Waals surface area contributed by atoms with Crippen LogP contribution in [0.1, 0.15) is 24.1 Å². The van der Waals surface area contributed by atoms with Gasteiger partial charge in [0.2, 0.25) is 5.95 Å². The zero-order chi connectivity index (χ0) is 26.1. The fraction of sp³-hybridized carbons (Fsp3) is 0.391. The number of carbonyl (C=O) groups is 1. The number of ether oxygens (including phenoxy) is 1. The topological polar surface area (TPSA) is 156 Å². The molecule has 0 bridgehead atoms. The molecule has 3 aromatic rings. The number of fused-ring (bicyclic) bond motifs is 1. The van der Waals surface area contributed by atoms with Gasteiger partial charge in [0.05, 0.1) is 54.1 Å². The van der Waals surface area contributed by atoms with Crippen molar-refractivity contribution in [3.05, 3.63) is 34.6 Å². The highest BCUT2D eigenvalue weighted by Gasteiger charge is 2.35. The Morgan fingerprint density at radius 1 is 1.30 bits per heavy atom. The van der Waals surface area contributed by atoms with Crippen LogP contribution in [0.4, 0.5) is 32.3 Å². The number of methoxy groups -OCH3 is 1. The van der Waals surface area contributed by atoms with Gasteiger partial charge in [-0.1, -0.05) is 11.6 Å². The second-order valence-corrected chi connectivity index (χ2v) is 9.23. The zero-order valence-corrected chi connectivity index (χ0v) is 20.5. The molecule has 1 saturated carbocycles. The van der Waals surface area contributed by atoms with E-state index in [0.29, 0.717) is 28.4 Å². The Hall–Kier alpha value is -4.36. The minimum absolute atomic E-state index is 0.140. The zero-order valence-electron chi connectivity index (χ0n) is 19.7. The summed E-state index contributed by atoms with van der Waals surface area (Å²) >= 11 is 6.77. The highest BCUT2D eigenvalue weighted by Crippen LogP contribution is 2.38. The van der Waals surface area contributed by atoms with Gasteiger partial charge in [-0.05, 0) is 25.0 Å². The van der Waals surface area contributed by atoms with Crippen molar-refractivity contribution >= 4 is 46.5 Å². The van der Waals surface area contributed by atoms with Gasteiger partial charge in [0.1, 0.15) is 6.07 Å². The van der Waals surface area contributed by atoms with Crippen LogP contribution in [-0.2, 0) is 4.74 Å². The number of hydrogen-bond donors (Lipinski definition) is 3. The van der Waals surface area contributed by atoms with Crippen molar-refractivity contribution in [2.45, 2.75) is 24.9 Å². The molecule has 37 heavy (non-hydrogen) atoms. The third-order valence-electron chi connectivity index (χ3n) is 6.29.